The van der Waals surface area contributed by atoms with Crippen molar-refractivity contribution in [2.24, 2.45) is 0 Å². The Morgan fingerprint density at radius 1 is 0.778 bits per heavy atom. The molecule has 0 amide bonds. The maximum Gasteiger partial charge on any atom is 0.296 e. The average Bonchev–Trinajstić information content (AvgIpc) is 2.77. The first kappa shape index (κ1) is 25.5. The number of hydrogen-bond acceptors (Lipinski definition) is 8. The largest absolute Gasteiger partial charge is 0.381 e. The van der Waals surface area contributed by atoms with Gasteiger partial charge in [-0.15, -0.1) is 0 Å². The Bertz CT molecular complexity index is 1660. The minimum Gasteiger partial charge on any atom is -0.381 e. The molecule has 4 N–H and O–H groups in total. The molecular formula is C24H22N2O8S2. The van der Waals surface area contributed by atoms with Crippen LogP contribution in [-0.2, 0) is 20.2 Å². The molecule has 188 valence electrons. The first-order valence-corrected chi connectivity index (χ1v) is 13.6. The van der Waals surface area contributed by atoms with E-state index < -0.39 is 41.6 Å². The van der Waals surface area contributed by atoms with Crippen LogP contribution in [0.15, 0.2) is 58.3 Å². The van der Waals surface area contributed by atoms with E-state index >= 15 is 0 Å². The summed E-state index contributed by atoms with van der Waals surface area (Å²) in [6, 6.07) is 10.7. The lowest BCUT2D eigenvalue weighted by atomic mass is 9.82. The average molecular weight is 531 g/mol. The van der Waals surface area contributed by atoms with Crippen molar-refractivity contribution in [3.8, 4) is 0 Å². The van der Waals surface area contributed by atoms with Gasteiger partial charge in [-0.1, -0.05) is 30.3 Å². The number of fused-ring (bicyclic) bond motifs is 2. The van der Waals surface area contributed by atoms with Gasteiger partial charge in [0.15, 0.2) is 11.6 Å². The maximum atomic E-state index is 13.6. The Balaban J connectivity index is 2.05. The van der Waals surface area contributed by atoms with E-state index in [9.17, 15) is 35.5 Å². The second-order valence-electron chi connectivity index (χ2n) is 8.61. The van der Waals surface area contributed by atoms with E-state index in [-0.39, 0.29) is 50.9 Å². The Labute approximate surface area is 207 Å². The zero-order valence-corrected chi connectivity index (χ0v) is 21.0. The number of carbonyl (C=O) groups excluding carboxylic acids is 2. The van der Waals surface area contributed by atoms with Crippen molar-refractivity contribution in [1.82, 2.24) is 0 Å². The van der Waals surface area contributed by atoms with Gasteiger partial charge in [-0.2, -0.15) is 16.8 Å². The highest BCUT2D eigenvalue weighted by atomic mass is 32.2. The van der Waals surface area contributed by atoms with Crippen molar-refractivity contribution in [3.05, 3.63) is 76.3 Å². The van der Waals surface area contributed by atoms with Crippen molar-refractivity contribution in [2.45, 2.75) is 36.6 Å². The number of anilines is 3. The predicted molar refractivity (Wildman–Crippen MR) is 133 cm³/mol. The maximum absolute atomic E-state index is 13.6. The summed E-state index contributed by atoms with van der Waals surface area (Å²) >= 11 is 0. The molecule has 0 saturated heterocycles. The Morgan fingerprint density at radius 2 is 1.33 bits per heavy atom. The monoisotopic (exact) mass is 530 g/mol. The normalized spacial score (nSPS) is 13.4. The van der Waals surface area contributed by atoms with Crippen molar-refractivity contribution >= 4 is 48.9 Å². The van der Waals surface area contributed by atoms with Crippen LogP contribution >= 0.6 is 0 Å². The molecule has 3 aromatic rings. The van der Waals surface area contributed by atoms with Gasteiger partial charge in [-0.25, -0.2) is 0 Å². The van der Waals surface area contributed by atoms with Gasteiger partial charge in [-0.05, 0) is 44.5 Å². The van der Waals surface area contributed by atoms with Crippen molar-refractivity contribution in [1.29, 1.82) is 0 Å². The molecule has 0 heterocycles. The molecular weight excluding hydrogens is 508 g/mol. The molecule has 0 radical (unpaired) electrons. The second kappa shape index (κ2) is 8.82. The molecule has 3 aromatic carbocycles. The van der Waals surface area contributed by atoms with E-state index in [1.54, 1.807) is 26.0 Å². The summed E-state index contributed by atoms with van der Waals surface area (Å²) in [6.45, 7) is 4.85. The van der Waals surface area contributed by atoms with Gasteiger partial charge in [0, 0.05) is 22.9 Å². The van der Waals surface area contributed by atoms with Crippen molar-refractivity contribution < 1.29 is 35.5 Å². The molecule has 0 spiro atoms. The number of nitrogens with one attached hydrogen (secondary N) is 2. The van der Waals surface area contributed by atoms with Crippen LogP contribution in [0.2, 0.25) is 0 Å². The molecule has 0 fully saturated rings. The summed E-state index contributed by atoms with van der Waals surface area (Å²) in [5.41, 5.74) is -0.246. The van der Waals surface area contributed by atoms with Gasteiger partial charge in [0.25, 0.3) is 20.2 Å². The highest BCUT2D eigenvalue weighted by molar-refractivity contribution is 7.86. The molecule has 12 heteroatoms. The summed E-state index contributed by atoms with van der Waals surface area (Å²) in [5, 5.41) is 5.66. The molecule has 0 aliphatic heterocycles. The molecule has 36 heavy (non-hydrogen) atoms. The lowest BCUT2D eigenvalue weighted by Crippen LogP contribution is -2.26. The summed E-state index contributed by atoms with van der Waals surface area (Å²) in [7, 11) is -9.47. The highest BCUT2D eigenvalue weighted by Crippen LogP contribution is 2.41. The number of aryl methyl sites for hydroxylation is 1. The molecule has 0 unspecified atom stereocenters. The van der Waals surface area contributed by atoms with Crippen LogP contribution < -0.4 is 10.6 Å². The summed E-state index contributed by atoms with van der Waals surface area (Å²) in [4.78, 5) is 26.1. The standard InChI is InChI=1S/C24H22N2O8S2/c1-12(2)25-22-19(36(32,33)34)11-17(26-14-9-8-13(3)18(10-14)35(29,30)31)20-21(22)24(28)16-7-5-4-6-15(16)23(20)27/h4-12,25-26H,1-3H3,(H,29,30,31)(H,32,33,34). The third-order valence-corrected chi connectivity index (χ3v) is 7.49. The third-order valence-electron chi connectivity index (χ3n) is 5.62. The highest BCUT2D eigenvalue weighted by Gasteiger charge is 2.37. The van der Waals surface area contributed by atoms with Crippen LogP contribution in [0.25, 0.3) is 0 Å². The van der Waals surface area contributed by atoms with Gasteiger partial charge in [0.1, 0.15) is 4.90 Å². The third kappa shape index (κ3) is 4.51. The molecule has 0 atom stereocenters. The number of benzene rings is 3. The fraction of sp³-hybridized carbons (Fsp3) is 0.167. The number of ketones is 2. The molecule has 0 bridgehead atoms. The first-order valence-electron chi connectivity index (χ1n) is 10.7. The van der Waals surface area contributed by atoms with Gasteiger partial charge in [0.05, 0.1) is 27.4 Å². The van der Waals surface area contributed by atoms with Crippen LogP contribution in [0, 0.1) is 6.92 Å². The van der Waals surface area contributed by atoms with Crippen LogP contribution in [0.5, 0.6) is 0 Å². The fourth-order valence-electron chi connectivity index (χ4n) is 4.11. The van der Waals surface area contributed by atoms with Crippen LogP contribution in [0.4, 0.5) is 17.1 Å². The first-order chi connectivity index (χ1) is 16.7. The minimum atomic E-state index is -4.89. The lowest BCUT2D eigenvalue weighted by Gasteiger charge is -2.26. The van der Waals surface area contributed by atoms with E-state index in [0.29, 0.717) is 0 Å². The fourth-order valence-corrected chi connectivity index (χ4v) is 5.55. The summed E-state index contributed by atoms with van der Waals surface area (Å²) in [5.74, 6) is -1.20. The Kier molecular flexibility index (Phi) is 6.25. The Morgan fingerprint density at radius 3 is 1.86 bits per heavy atom. The molecule has 0 aromatic heterocycles. The second-order valence-corrected chi connectivity index (χ2v) is 11.4. The Hall–Kier alpha value is -3.58. The molecule has 4 rings (SSSR count). The van der Waals surface area contributed by atoms with E-state index in [2.05, 4.69) is 10.6 Å². The van der Waals surface area contributed by atoms with Gasteiger partial charge >= 0.3 is 0 Å². The number of rotatable bonds is 6. The van der Waals surface area contributed by atoms with Crippen LogP contribution in [-0.4, -0.2) is 43.5 Å². The SMILES string of the molecule is Cc1ccc(Nc2cc(S(=O)(=O)O)c(NC(C)C)c3c2C(=O)c2ccccc2C3=O)cc1S(=O)(=O)O. The topological polar surface area (TPSA) is 167 Å². The molecule has 1 aliphatic carbocycles. The zero-order valence-electron chi connectivity index (χ0n) is 19.4. The molecule has 0 saturated carbocycles. The summed E-state index contributed by atoms with van der Waals surface area (Å²) < 4.78 is 67.8. The lowest BCUT2D eigenvalue weighted by molar-refractivity contribution is 0.0980. The molecule has 1 aliphatic rings. The van der Waals surface area contributed by atoms with Crippen molar-refractivity contribution in [2.75, 3.05) is 10.6 Å². The number of carbonyl (C=O) groups is 2. The van der Waals surface area contributed by atoms with E-state index in [4.69, 9.17) is 0 Å². The smallest absolute Gasteiger partial charge is 0.296 e. The minimum absolute atomic E-state index is 0.0734. The molecule has 10 nitrogen and oxygen atoms in total. The quantitative estimate of drug-likeness (QED) is 0.269. The summed E-state index contributed by atoms with van der Waals surface area (Å²) in [6.07, 6.45) is 0. The van der Waals surface area contributed by atoms with Crippen LogP contribution in [0.1, 0.15) is 51.3 Å². The predicted octanol–water partition coefficient (Wildman–Crippen LogP) is 3.83. The van der Waals surface area contributed by atoms with E-state index in [1.807, 2.05) is 0 Å². The van der Waals surface area contributed by atoms with Crippen molar-refractivity contribution in [3.63, 3.8) is 0 Å². The van der Waals surface area contributed by atoms with Gasteiger partial charge < -0.3 is 10.6 Å². The van der Waals surface area contributed by atoms with E-state index in [0.717, 1.165) is 12.1 Å². The van der Waals surface area contributed by atoms with Crippen LogP contribution in [0.3, 0.4) is 0 Å². The van der Waals surface area contributed by atoms with E-state index in [1.165, 1.54) is 31.2 Å². The number of hydrogen-bond donors (Lipinski definition) is 4. The van der Waals surface area contributed by atoms with Gasteiger partial charge in [0.2, 0.25) is 0 Å². The van der Waals surface area contributed by atoms with Gasteiger partial charge in [-0.3, -0.25) is 18.7 Å². The zero-order chi connectivity index (χ0) is 26.6.